The monoisotopic (exact) mass is 215 g/mol. The highest BCUT2D eigenvalue weighted by atomic mass is 15.1. The lowest BCUT2D eigenvalue weighted by atomic mass is 10.3. The number of pyridine rings is 1. The normalized spacial score (nSPS) is 13.1. The van der Waals surface area contributed by atoms with Crippen molar-refractivity contribution in [1.29, 1.82) is 0 Å². The number of anilines is 1. The summed E-state index contributed by atoms with van der Waals surface area (Å²) in [6, 6.07) is 4.17. The summed E-state index contributed by atoms with van der Waals surface area (Å²) in [5.41, 5.74) is 1.17. The maximum Gasteiger partial charge on any atom is 0.170 e. The molecule has 0 spiro atoms. The number of nitrogens with zero attached hydrogens (tertiary/aromatic N) is 2. The fourth-order valence-corrected chi connectivity index (χ4v) is 1.30. The molecule has 1 aromatic rings. The Bertz CT molecular complexity index is 370. The van der Waals surface area contributed by atoms with E-state index in [1.807, 2.05) is 74.6 Å². The summed E-state index contributed by atoms with van der Waals surface area (Å²) in [4.78, 5) is 2.08. The van der Waals surface area contributed by atoms with Crippen molar-refractivity contribution in [3.8, 4) is 0 Å². The number of aryl methyl sites for hydroxylation is 1. The zero-order valence-corrected chi connectivity index (χ0v) is 10.2. The van der Waals surface area contributed by atoms with Gasteiger partial charge in [0, 0.05) is 24.5 Å². The molecule has 0 amide bonds. The minimum atomic E-state index is 1.17. The van der Waals surface area contributed by atoms with Crippen molar-refractivity contribution in [2.45, 2.75) is 13.8 Å². The van der Waals surface area contributed by atoms with Crippen LogP contribution < -0.4 is 9.47 Å². The van der Waals surface area contributed by atoms with Gasteiger partial charge in [-0.15, -0.1) is 0 Å². The lowest BCUT2D eigenvalue weighted by molar-refractivity contribution is -0.671. The van der Waals surface area contributed by atoms with Crippen LogP contribution in [0.5, 0.6) is 0 Å². The van der Waals surface area contributed by atoms with E-state index in [1.54, 1.807) is 0 Å². The van der Waals surface area contributed by atoms with Crippen LogP contribution in [0.2, 0.25) is 0 Å². The first-order valence-electron chi connectivity index (χ1n) is 5.61. The molecule has 1 aliphatic rings. The highest BCUT2D eigenvalue weighted by molar-refractivity contribution is 5.51. The molecule has 0 saturated heterocycles. The molecule has 2 rings (SSSR count). The average Bonchev–Trinajstić information content (AvgIpc) is 2.61. The fraction of sp³-hybridized carbons (Fsp3) is 0.214. The van der Waals surface area contributed by atoms with E-state index in [0.29, 0.717) is 0 Å². The van der Waals surface area contributed by atoms with Crippen molar-refractivity contribution in [3.05, 3.63) is 61.2 Å². The number of aromatic nitrogens is 1. The van der Waals surface area contributed by atoms with Crippen LogP contribution >= 0.6 is 0 Å². The van der Waals surface area contributed by atoms with Gasteiger partial charge in [-0.3, -0.25) is 0 Å². The molecule has 0 aliphatic carbocycles. The average molecular weight is 215 g/mol. The Labute approximate surface area is 97.8 Å². The van der Waals surface area contributed by atoms with E-state index in [9.17, 15) is 0 Å². The Morgan fingerprint density at radius 2 is 1.38 bits per heavy atom. The van der Waals surface area contributed by atoms with E-state index in [4.69, 9.17) is 0 Å². The first-order chi connectivity index (χ1) is 7.86. The molecule has 84 valence electrons. The van der Waals surface area contributed by atoms with Gasteiger partial charge in [0.2, 0.25) is 0 Å². The van der Waals surface area contributed by atoms with Gasteiger partial charge in [0.1, 0.15) is 7.05 Å². The third-order valence-electron chi connectivity index (χ3n) is 2.09. The van der Waals surface area contributed by atoms with Crippen molar-refractivity contribution < 1.29 is 4.57 Å². The Hall–Kier alpha value is -1.83. The van der Waals surface area contributed by atoms with Crippen LogP contribution in [0.1, 0.15) is 13.8 Å². The van der Waals surface area contributed by atoms with Gasteiger partial charge < -0.3 is 4.90 Å². The second kappa shape index (κ2) is 6.62. The van der Waals surface area contributed by atoms with Crippen LogP contribution in [0, 0.1) is 0 Å². The Balaban J connectivity index is 0.000000606. The Kier molecular flexibility index (Phi) is 5.06. The summed E-state index contributed by atoms with van der Waals surface area (Å²) >= 11 is 0. The zero-order chi connectivity index (χ0) is 11.8. The summed E-state index contributed by atoms with van der Waals surface area (Å²) < 4.78 is 2.02. The third kappa shape index (κ3) is 3.39. The first-order valence-corrected chi connectivity index (χ1v) is 5.61. The summed E-state index contributed by atoms with van der Waals surface area (Å²) in [6.45, 7) is 4.00. The highest BCUT2D eigenvalue weighted by Gasteiger charge is 2.01. The largest absolute Gasteiger partial charge is 0.323 e. The predicted octanol–water partition coefficient (Wildman–Crippen LogP) is 2.94. The molecule has 0 bridgehead atoms. The van der Waals surface area contributed by atoms with Crippen molar-refractivity contribution in [1.82, 2.24) is 0 Å². The van der Waals surface area contributed by atoms with Gasteiger partial charge in [-0.1, -0.05) is 26.0 Å². The Morgan fingerprint density at radius 1 is 0.875 bits per heavy atom. The minimum Gasteiger partial charge on any atom is -0.323 e. The Morgan fingerprint density at radius 3 is 1.88 bits per heavy atom. The van der Waals surface area contributed by atoms with Gasteiger partial charge in [0.15, 0.2) is 12.4 Å². The minimum absolute atomic E-state index is 1.17. The van der Waals surface area contributed by atoms with Crippen LogP contribution in [0.15, 0.2) is 61.2 Å². The maximum absolute atomic E-state index is 2.08. The van der Waals surface area contributed by atoms with Crippen molar-refractivity contribution >= 4 is 5.69 Å². The predicted molar refractivity (Wildman–Crippen MR) is 68.9 cm³/mol. The van der Waals surface area contributed by atoms with Gasteiger partial charge in [0.05, 0.1) is 5.69 Å². The number of allylic oxidation sites excluding steroid dienone is 4. The summed E-state index contributed by atoms with van der Waals surface area (Å²) in [5.74, 6) is 0. The van der Waals surface area contributed by atoms with Gasteiger partial charge >= 0.3 is 0 Å². The number of rotatable bonds is 1. The molecular formula is C14H19N2+. The van der Waals surface area contributed by atoms with E-state index in [2.05, 4.69) is 17.0 Å². The van der Waals surface area contributed by atoms with Crippen LogP contribution in [0.3, 0.4) is 0 Å². The van der Waals surface area contributed by atoms with Gasteiger partial charge in [0.25, 0.3) is 0 Å². The van der Waals surface area contributed by atoms with E-state index >= 15 is 0 Å². The standard InChI is InChI=1S/C12H13N2.C2H6/c1-13-10-6-12(7-11-13)14-8-4-2-3-5-9-14;1-2/h2-11H,1H3;1-2H3/q+1;. The van der Waals surface area contributed by atoms with Crippen molar-refractivity contribution in [3.63, 3.8) is 0 Å². The second-order valence-electron chi connectivity index (χ2n) is 3.20. The molecule has 2 heteroatoms. The van der Waals surface area contributed by atoms with Crippen LogP contribution in [0.25, 0.3) is 0 Å². The highest BCUT2D eigenvalue weighted by Crippen LogP contribution is 2.13. The molecule has 0 fully saturated rings. The third-order valence-corrected chi connectivity index (χ3v) is 2.09. The first kappa shape index (κ1) is 12.2. The quantitative estimate of drug-likeness (QED) is 0.653. The van der Waals surface area contributed by atoms with E-state index in [1.165, 1.54) is 5.69 Å². The molecule has 2 nitrogen and oxygen atoms in total. The van der Waals surface area contributed by atoms with Crippen LogP contribution in [-0.2, 0) is 7.05 Å². The molecule has 16 heavy (non-hydrogen) atoms. The maximum atomic E-state index is 2.08. The summed E-state index contributed by atoms with van der Waals surface area (Å²) in [7, 11) is 2.01. The van der Waals surface area contributed by atoms with Gasteiger partial charge in [-0.25, -0.2) is 4.57 Å². The second-order valence-corrected chi connectivity index (χ2v) is 3.20. The molecule has 0 radical (unpaired) electrons. The van der Waals surface area contributed by atoms with Crippen LogP contribution in [0.4, 0.5) is 5.69 Å². The lowest BCUT2D eigenvalue weighted by Crippen LogP contribution is -2.26. The molecule has 2 heterocycles. The topological polar surface area (TPSA) is 7.12 Å². The smallest absolute Gasteiger partial charge is 0.170 e. The molecule has 1 aromatic heterocycles. The lowest BCUT2D eigenvalue weighted by Gasteiger charge is -2.13. The molecule has 0 atom stereocenters. The molecule has 0 N–H and O–H groups in total. The van der Waals surface area contributed by atoms with E-state index in [-0.39, 0.29) is 0 Å². The van der Waals surface area contributed by atoms with Crippen molar-refractivity contribution in [2.24, 2.45) is 7.05 Å². The van der Waals surface area contributed by atoms with Crippen LogP contribution in [-0.4, -0.2) is 0 Å². The number of hydrogen-bond donors (Lipinski definition) is 0. The molecule has 0 aromatic carbocycles. The molecular weight excluding hydrogens is 196 g/mol. The van der Waals surface area contributed by atoms with Gasteiger partial charge in [-0.05, 0) is 12.2 Å². The SMILES string of the molecule is CC.C[n+]1ccc(N2C=CC=CC=C2)cc1. The molecule has 0 unspecified atom stereocenters. The zero-order valence-electron chi connectivity index (χ0n) is 10.2. The summed E-state index contributed by atoms with van der Waals surface area (Å²) in [6.07, 6.45) is 16.2. The molecule has 1 aliphatic heterocycles. The fourth-order valence-electron chi connectivity index (χ4n) is 1.30. The van der Waals surface area contributed by atoms with E-state index in [0.717, 1.165) is 0 Å². The molecule has 0 saturated carbocycles. The number of hydrogen-bond acceptors (Lipinski definition) is 1. The van der Waals surface area contributed by atoms with Gasteiger partial charge in [-0.2, -0.15) is 0 Å². The van der Waals surface area contributed by atoms with Crippen molar-refractivity contribution in [2.75, 3.05) is 4.90 Å². The summed E-state index contributed by atoms with van der Waals surface area (Å²) in [5, 5.41) is 0. The van der Waals surface area contributed by atoms with E-state index < -0.39 is 0 Å².